The molecule has 0 aliphatic carbocycles. The Kier molecular flexibility index (Phi) is 10.2. The highest BCUT2D eigenvalue weighted by Gasteiger charge is 2.20. The normalized spacial score (nSPS) is 14.0. The summed E-state index contributed by atoms with van der Waals surface area (Å²) in [4.78, 5) is 32.7. The van der Waals surface area contributed by atoms with Gasteiger partial charge < -0.3 is 20.4 Å². The molecule has 9 heteroatoms. The van der Waals surface area contributed by atoms with E-state index in [9.17, 15) is 19.8 Å². The van der Waals surface area contributed by atoms with Crippen LogP contribution in [-0.4, -0.2) is 39.2 Å². The van der Waals surface area contributed by atoms with Gasteiger partial charge in [-0.25, -0.2) is 4.79 Å². The first-order valence-corrected chi connectivity index (χ1v) is 9.80. The molecule has 0 radical (unpaired) electrons. The van der Waals surface area contributed by atoms with Gasteiger partial charge in [0, 0.05) is 18.0 Å². The summed E-state index contributed by atoms with van der Waals surface area (Å²) in [5, 5.41) is 32.6. The SMILES string of the molecule is CCC(C)CC/C(NC(=O)C(C)CC(=N)O/N=C/c1ccc(O)cn1)=C(\C)C(=O)O. The lowest BCUT2D eigenvalue weighted by Gasteiger charge is -2.17. The van der Waals surface area contributed by atoms with Gasteiger partial charge in [-0.15, -0.1) is 0 Å². The minimum Gasteiger partial charge on any atom is -0.506 e. The zero-order valence-corrected chi connectivity index (χ0v) is 17.8. The van der Waals surface area contributed by atoms with Crippen LogP contribution in [0.3, 0.4) is 0 Å². The van der Waals surface area contributed by atoms with Crippen molar-refractivity contribution in [1.29, 1.82) is 5.41 Å². The van der Waals surface area contributed by atoms with Crippen molar-refractivity contribution in [2.24, 2.45) is 17.0 Å². The molecule has 1 aromatic heterocycles. The van der Waals surface area contributed by atoms with Crippen molar-refractivity contribution >= 4 is 24.0 Å². The fourth-order valence-corrected chi connectivity index (χ4v) is 2.37. The number of allylic oxidation sites excluding steroid dienone is 1. The van der Waals surface area contributed by atoms with E-state index in [2.05, 4.69) is 29.3 Å². The van der Waals surface area contributed by atoms with Crippen LogP contribution >= 0.6 is 0 Å². The van der Waals surface area contributed by atoms with E-state index >= 15 is 0 Å². The smallest absolute Gasteiger partial charge is 0.333 e. The molecule has 0 saturated heterocycles. The van der Waals surface area contributed by atoms with Crippen molar-refractivity contribution in [2.45, 2.75) is 53.4 Å². The van der Waals surface area contributed by atoms with Crippen molar-refractivity contribution < 1.29 is 24.6 Å². The zero-order valence-electron chi connectivity index (χ0n) is 17.8. The first-order chi connectivity index (χ1) is 14.1. The summed E-state index contributed by atoms with van der Waals surface area (Å²) in [7, 11) is 0. The maximum absolute atomic E-state index is 12.5. The van der Waals surface area contributed by atoms with E-state index in [4.69, 9.17) is 10.2 Å². The van der Waals surface area contributed by atoms with Crippen LogP contribution in [0, 0.1) is 17.2 Å². The molecule has 0 aliphatic rings. The third-order valence-corrected chi connectivity index (χ3v) is 4.69. The Morgan fingerprint density at radius 2 is 2.07 bits per heavy atom. The fourth-order valence-electron chi connectivity index (χ4n) is 2.37. The second-order valence-corrected chi connectivity index (χ2v) is 7.25. The molecular formula is C21H30N4O5. The number of nitrogens with one attached hydrogen (secondary N) is 2. The Morgan fingerprint density at radius 1 is 1.37 bits per heavy atom. The van der Waals surface area contributed by atoms with Crippen molar-refractivity contribution in [3.05, 3.63) is 35.3 Å². The highest BCUT2D eigenvalue weighted by atomic mass is 16.6. The topological polar surface area (TPSA) is 145 Å². The quantitative estimate of drug-likeness (QED) is 0.187. The maximum atomic E-state index is 12.5. The molecule has 2 atom stereocenters. The van der Waals surface area contributed by atoms with Crippen LogP contribution in [0.5, 0.6) is 5.75 Å². The number of carbonyl (C=O) groups is 2. The van der Waals surface area contributed by atoms with E-state index in [0.717, 1.165) is 12.8 Å². The van der Waals surface area contributed by atoms with Gasteiger partial charge in [0.2, 0.25) is 11.8 Å². The lowest BCUT2D eigenvalue weighted by Crippen LogP contribution is -2.31. The monoisotopic (exact) mass is 418 g/mol. The average molecular weight is 418 g/mol. The molecule has 0 aromatic carbocycles. The summed E-state index contributed by atoms with van der Waals surface area (Å²) < 4.78 is 0. The first kappa shape index (κ1) is 24.8. The molecule has 0 fully saturated rings. The van der Waals surface area contributed by atoms with Gasteiger partial charge >= 0.3 is 5.97 Å². The summed E-state index contributed by atoms with van der Waals surface area (Å²) in [6.07, 6.45) is 4.73. The van der Waals surface area contributed by atoms with Crippen LogP contribution in [-0.2, 0) is 14.4 Å². The van der Waals surface area contributed by atoms with Crippen LogP contribution in [0.15, 0.2) is 34.8 Å². The van der Waals surface area contributed by atoms with Gasteiger partial charge in [-0.2, -0.15) is 0 Å². The summed E-state index contributed by atoms with van der Waals surface area (Å²) >= 11 is 0. The molecule has 2 unspecified atom stereocenters. The van der Waals surface area contributed by atoms with Gasteiger partial charge in [0.05, 0.1) is 23.7 Å². The first-order valence-electron chi connectivity index (χ1n) is 9.80. The number of nitrogens with zero attached hydrogens (tertiary/aromatic N) is 2. The van der Waals surface area contributed by atoms with Crippen LogP contribution in [0.25, 0.3) is 0 Å². The van der Waals surface area contributed by atoms with Gasteiger partial charge in [0.25, 0.3) is 0 Å². The zero-order chi connectivity index (χ0) is 22.7. The molecular weight excluding hydrogens is 388 g/mol. The number of rotatable bonds is 11. The number of pyridine rings is 1. The number of carboxylic acids is 1. The molecule has 0 bridgehead atoms. The number of carboxylic acid groups (broad SMARTS) is 1. The van der Waals surface area contributed by atoms with Crippen molar-refractivity contribution in [3.63, 3.8) is 0 Å². The van der Waals surface area contributed by atoms with Crippen molar-refractivity contribution in [3.8, 4) is 5.75 Å². The van der Waals surface area contributed by atoms with Gasteiger partial charge in [0.15, 0.2) is 0 Å². The number of amides is 1. The Labute approximate surface area is 176 Å². The van der Waals surface area contributed by atoms with E-state index in [0.29, 0.717) is 23.7 Å². The third-order valence-electron chi connectivity index (χ3n) is 4.69. The molecule has 164 valence electrons. The Balaban J connectivity index is 2.63. The van der Waals surface area contributed by atoms with Crippen LogP contribution < -0.4 is 5.32 Å². The van der Waals surface area contributed by atoms with E-state index in [1.807, 2.05) is 0 Å². The van der Waals surface area contributed by atoms with Gasteiger partial charge in [0.1, 0.15) is 5.75 Å². The number of oxime groups is 1. The molecule has 0 aliphatic heterocycles. The summed E-state index contributed by atoms with van der Waals surface area (Å²) in [6, 6.07) is 2.97. The Hall–Kier alpha value is -3.23. The van der Waals surface area contributed by atoms with Gasteiger partial charge in [-0.3, -0.25) is 15.2 Å². The minimum absolute atomic E-state index is 0.00303. The lowest BCUT2D eigenvalue weighted by atomic mass is 9.99. The lowest BCUT2D eigenvalue weighted by molar-refractivity contribution is -0.132. The predicted octanol–water partition coefficient (Wildman–Crippen LogP) is 3.44. The third kappa shape index (κ3) is 8.85. The number of aromatic hydroxyl groups is 1. The van der Waals surface area contributed by atoms with E-state index in [1.54, 1.807) is 6.92 Å². The molecule has 0 saturated carbocycles. The molecule has 9 nitrogen and oxygen atoms in total. The second kappa shape index (κ2) is 12.4. The number of aliphatic carboxylic acids is 1. The Morgan fingerprint density at radius 3 is 2.63 bits per heavy atom. The fraction of sp³-hybridized carbons (Fsp3) is 0.476. The Bertz CT molecular complexity index is 802. The summed E-state index contributed by atoms with van der Waals surface area (Å²) in [5.41, 5.74) is 0.936. The average Bonchev–Trinajstić information content (AvgIpc) is 2.71. The molecule has 1 aromatic rings. The molecule has 1 rings (SSSR count). The summed E-state index contributed by atoms with van der Waals surface area (Å²) in [5.74, 6) is -1.84. The summed E-state index contributed by atoms with van der Waals surface area (Å²) in [6.45, 7) is 7.23. The van der Waals surface area contributed by atoms with Crippen LogP contribution in [0.2, 0.25) is 0 Å². The largest absolute Gasteiger partial charge is 0.506 e. The van der Waals surface area contributed by atoms with E-state index < -0.39 is 11.9 Å². The second-order valence-electron chi connectivity index (χ2n) is 7.25. The van der Waals surface area contributed by atoms with Crippen molar-refractivity contribution in [2.75, 3.05) is 0 Å². The van der Waals surface area contributed by atoms with Crippen molar-refractivity contribution in [1.82, 2.24) is 10.3 Å². The number of aromatic nitrogens is 1. The highest BCUT2D eigenvalue weighted by molar-refractivity contribution is 5.90. The molecule has 4 N–H and O–H groups in total. The minimum atomic E-state index is -1.07. The molecule has 30 heavy (non-hydrogen) atoms. The molecule has 1 amide bonds. The van der Waals surface area contributed by atoms with Gasteiger partial charge in [-0.1, -0.05) is 32.3 Å². The van der Waals surface area contributed by atoms with E-state index in [-0.39, 0.29) is 29.5 Å². The highest BCUT2D eigenvalue weighted by Crippen LogP contribution is 2.17. The number of hydrogen-bond donors (Lipinski definition) is 4. The number of carbonyl (C=O) groups excluding carboxylic acids is 1. The van der Waals surface area contributed by atoms with Crippen LogP contribution in [0.1, 0.15) is 59.1 Å². The van der Waals surface area contributed by atoms with Gasteiger partial charge in [-0.05, 0) is 37.8 Å². The standard InChI is InChI=1S/C21H30N4O5/c1-5-13(2)6-9-18(15(4)21(28)29)25-20(27)14(3)10-19(22)30-24-11-16-7-8-17(26)12-23-16/h7-8,11-14,22,26H,5-6,9-10H2,1-4H3,(H,25,27)(H,28,29)/b18-15-,22-19?,24-11+. The number of hydrogen-bond acceptors (Lipinski definition) is 7. The molecule has 1 heterocycles. The maximum Gasteiger partial charge on any atom is 0.333 e. The van der Waals surface area contributed by atoms with E-state index in [1.165, 1.54) is 31.5 Å². The van der Waals surface area contributed by atoms with Crippen LogP contribution in [0.4, 0.5) is 0 Å². The molecule has 0 spiro atoms. The predicted molar refractivity (Wildman–Crippen MR) is 113 cm³/mol.